The predicted octanol–water partition coefficient (Wildman–Crippen LogP) is 2.66. The van der Waals surface area contributed by atoms with Gasteiger partial charge in [-0.1, -0.05) is 26.0 Å². The lowest BCUT2D eigenvalue weighted by molar-refractivity contribution is 0.715. The van der Waals surface area contributed by atoms with Gasteiger partial charge in [0.05, 0.1) is 11.6 Å². The van der Waals surface area contributed by atoms with Crippen LogP contribution in [0, 0.1) is 11.3 Å². The normalized spacial score (nSPS) is 10.6. The van der Waals surface area contributed by atoms with E-state index in [1.165, 1.54) is 0 Å². The van der Waals surface area contributed by atoms with Crippen LogP contribution in [0.5, 0.6) is 0 Å². The molecule has 0 aliphatic heterocycles. The molecule has 0 spiro atoms. The highest BCUT2D eigenvalue weighted by molar-refractivity contribution is 5.72. The van der Waals surface area contributed by atoms with Crippen molar-refractivity contribution in [2.24, 2.45) is 7.05 Å². The van der Waals surface area contributed by atoms with Gasteiger partial charge in [0.25, 0.3) is 0 Å². The van der Waals surface area contributed by atoms with Crippen molar-refractivity contribution in [1.29, 1.82) is 5.26 Å². The first-order valence-electron chi connectivity index (χ1n) is 5.87. The number of hydrogen-bond acceptors (Lipinski definition) is 3. The fourth-order valence-electron chi connectivity index (χ4n) is 1.99. The van der Waals surface area contributed by atoms with E-state index in [0.29, 0.717) is 17.3 Å². The fourth-order valence-corrected chi connectivity index (χ4v) is 1.99. The molecule has 0 radical (unpaired) electrons. The number of imidazole rings is 1. The Kier molecular flexibility index (Phi) is 3.07. The summed E-state index contributed by atoms with van der Waals surface area (Å²) in [5.74, 6) is 1.89. The number of hydrogen-bond donors (Lipinski definition) is 1. The molecule has 92 valence electrons. The first-order chi connectivity index (χ1) is 8.54. The third-order valence-electron chi connectivity index (χ3n) is 2.96. The van der Waals surface area contributed by atoms with Crippen molar-refractivity contribution in [3.05, 3.63) is 35.7 Å². The minimum atomic E-state index is 0.310. The lowest BCUT2D eigenvalue weighted by atomic mass is 10.1. The van der Waals surface area contributed by atoms with E-state index in [-0.39, 0.29) is 0 Å². The second-order valence-electron chi connectivity index (χ2n) is 4.61. The van der Waals surface area contributed by atoms with Crippen LogP contribution in [0.15, 0.2) is 24.3 Å². The Balaban J connectivity index is 2.58. The summed E-state index contributed by atoms with van der Waals surface area (Å²) >= 11 is 0. The lowest BCUT2D eigenvalue weighted by Crippen LogP contribution is -2.02. The fraction of sp³-hybridized carbons (Fsp3) is 0.286. The number of nitrogens with two attached hydrogens (primary N) is 1. The van der Waals surface area contributed by atoms with Gasteiger partial charge in [-0.2, -0.15) is 5.26 Å². The molecule has 4 heteroatoms. The molecule has 1 heterocycles. The van der Waals surface area contributed by atoms with Gasteiger partial charge in [-0.3, -0.25) is 0 Å². The van der Waals surface area contributed by atoms with E-state index in [2.05, 4.69) is 24.9 Å². The van der Waals surface area contributed by atoms with E-state index in [1.807, 2.05) is 29.8 Å². The molecule has 2 N–H and O–H groups in total. The molecule has 0 saturated heterocycles. The predicted molar refractivity (Wildman–Crippen MR) is 71.9 cm³/mol. The van der Waals surface area contributed by atoms with Gasteiger partial charge in [-0.25, -0.2) is 4.98 Å². The summed E-state index contributed by atoms with van der Waals surface area (Å²) in [6.45, 7) is 4.16. The van der Waals surface area contributed by atoms with Crippen LogP contribution in [0.1, 0.15) is 31.2 Å². The minimum Gasteiger partial charge on any atom is -0.383 e. The van der Waals surface area contributed by atoms with Crippen LogP contribution >= 0.6 is 0 Å². The zero-order valence-electron chi connectivity index (χ0n) is 10.8. The van der Waals surface area contributed by atoms with Gasteiger partial charge in [0.15, 0.2) is 0 Å². The Labute approximate surface area is 107 Å². The van der Waals surface area contributed by atoms with Crippen molar-refractivity contribution in [2.75, 3.05) is 5.73 Å². The van der Waals surface area contributed by atoms with Crippen LogP contribution in [0.25, 0.3) is 11.3 Å². The van der Waals surface area contributed by atoms with Gasteiger partial charge in [0.2, 0.25) is 0 Å². The van der Waals surface area contributed by atoms with Crippen molar-refractivity contribution in [2.45, 2.75) is 19.8 Å². The van der Waals surface area contributed by atoms with Gasteiger partial charge < -0.3 is 10.3 Å². The molecule has 0 aliphatic rings. The Morgan fingerprint density at radius 2 is 2.11 bits per heavy atom. The summed E-state index contributed by atoms with van der Waals surface area (Å²) in [5, 5.41) is 8.92. The Morgan fingerprint density at radius 1 is 1.39 bits per heavy atom. The molecule has 2 aromatic rings. The van der Waals surface area contributed by atoms with E-state index in [9.17, 15) is 0 Å². The van der Waals surface area contributed by atoms with E-state index in [1.54, 1.807) is 6.07 Å². The molecule has 0 fully saturated rings. The van der Waals surface area contributed by atoms with Crippen LogP contribution in [0.2, 0.25) is 0 Å². The van der Waals surface area contributed by atoms with Crippen LogP contribution in [-0.4, -0.2) is 9.55 Å². The molecule has 0 aliphatic carbocycles. The van der Waals surface area contributed by atoms with E-state index in [0.717, 1.165) is 17.1 Å². The zero-order valence-corrected chi connectivity index (χ0v) is 10.8. The summed E-state index contributed by atoms with van der Waals surface area (Å²) in [5.41, 5.74) is 8.33. The average molecular weight is 240 g/mol. The summed E-state index contributed by atoms with van der Waals surface area (Å²) < 4.78 is 1.90. The number of nitrogens with zero attached hydrogens (tertiary/aromatic N) is 3. The molecule has 0 amide bonds. The third kappa shape index (κ3) is 1.95. The topological polar surface area (TPSA) is 67.6 Å². The third-order valence-corrected chi connectivity index (χ3v) is 2.96. The highest BCUT2D eigenvalue weighted by Crippen LogP contribution is 2.28. The smallest absolute Gasteiger partial charge is 0.131 e. The number of rotatable bonds is 2. The van der Waals surface area contributed by atoms with Crippen LogP contribution in [0.4, 0.5) is 5.82 Å². The van der Waals surface area contributed by atoms with Gasteiger partial charge in [-0.05, 0) is 12.1 Å². The number of benzene rings is 1. The molecule has 0 atom stereocenters. The molecule has 2 rings (SSSR count). The molecular formula is C14H16N4. The van der Waals surface area contributed by atoms with Gasteiger partial charge in [0, 0.05) is 18.5 Å². The van der Waals surface area contributed by atoms with Crippen LogP contribution in [-0.2, 0) is 7.05 Å². The van der Waals surface area contributed by atoms with Gasteiger partial charge in [0.1, 0.15) is 17.3 Å². The van der Waals surface area contributed by atoms with Crippen molar-refractivity contribution in [1.82, 2.24) is 9.55 Å². The number of nitrogen functional groups attached to an aromatic ring is 1. The van der Waals surface area contributed by atoms with Crippen LogP contribution in [0.3, 0.4) is 0 Å². The second-order valence-corrected chi connectivity index (χ2v) is 4.61. The maximum Gasteiger partial charge on any atom is 0.131 e. The summed E-state index contributed by atoms with van der Waals surface area (Å²) in [4.78, 5) is 4.58. The van der Waals surface area contributed by atoms with Crippen molar-refractivity contribution >= 4 is 5.82 Å². The second kappa shape index (κ2) is 4.53. The summed E-state index contributed by atoms with van der Waals surface area (Å²) in [7, 11) is 1.91. The highest BCUT2D eigenvalue weighted by Gasteiger charge is 2.15. The van der Waals surface area contributed by atoms with E-state index in [4.69, 9.17) is 11.0 Å². The van der Waals surface area contributed by atoms with Crippen molar-refractivity contribution in [3.8, 4) is 17.3 Å². The summed E-state index contributed by atoms with van der Waals surface area (Å²) in [6.07, 6.45) is 0. The Morgan fingerprint density at radius 3 is 2.67 bits per heavy atom. The first-order valence-corrected chi connectivity index (χ1v) is 5.87. The number of anilines is 1. The maximum absolute atomic E-state index is 8.92. The first kappa shape index (κ1) is 12.2. The Bertz CT molecular complexity index is 617. The van der Waals surface area contributed by atoms with Crippen LogP contribution < -0.4 is 5.73 Å². The zero-order chi connectivity index (χ0) is 13.3. The van der Waals surface area contributed by atoms with Gasteiger partial charge in [-0.15, -0.1) is 0 Å². The largest absolute Gasteiger partial charge is 0.383 e. The molecule has 0 unspecified atom stereocenters. The molecular weight excluding hydrogens is 224 g/mol. The van der Waals surface area contributed by atoms with Crippen molar-refractivity contribution in [3.63, 3.8) is 0 Å². The Hall–Kier alpha value is -2.28. The molecule has 4 nitrogen and oxygen atoms in total. The number of nitriles is 1. The molecule has 1 aromatic carbocycles. The SMILES string of the molecule is CC(C)c1nc(-c2cccc(C#N)c2)c(N)n1C. The van der Waals surface area contributed by atoms with E-state index >= 15 is 0 Å². The molecule has 0 bridgehead atoms. The maximum atomic E-state index is 8.92. The minimum absolute atomic E-state index is 0.310. The standard InChI is InChI=1S/C14H16N4/c1-9(2)14-17-12(13(16)18(14)3)11-6-4-5-10(7-11)8-15/h4-7,9H,16H2,1-3H3. The summed E-state index contributed by atoms with van der Waals surface area (Å²) in [6, 6.07) is 9.47. The van der Waals surface area contributed by atoms with Crippen molar-refractivity contribution < 1.29 is 0 Å². The average Bonchev–Trinajstić information content (AvgIpc) is 2.67. The lowest BCUT2D eigenvalue weighted by Gasteiger charge is -2.04. The molecule has 18 heavy (non-hydrogen) atoms. The van der Waals surface area contributed by atoms with Gasteiger partial charge >= 0.3 is 0 Å². The molecule has 1 aromatic heterocycles. The molecule has 0 saturated carbocycles. The highest BCUT2D eigenvalue weighted by atomic mass is 15.1. The number of aromatic nitrogens is 2. The van der Waals surface area contributed by atoms with E-state index < -0.39 is 0 Å². The quantitative estimate of drug-likeness (QED) is 0.877. The monoisotopic (exact) mass is 240 g/mol.